The molecular weight excluding hydrogens is 189 g/mol. The topological polar surface area (TPSA) is 35.1 Å². The maximum atomic E-state index is 5.83. The van der Waals surface area contributed by atoms with Gasteiger partial charge in [-0.2, -0.15) is 0 Å². The summed E-state index contributed by atoms with van der Waals surface area (Å²) in [6.45, 7) is 10.2. The van der Waals surface area contributed by atoms with Gasteiger partial charge in [-0.05, 0) is 39.2 Å². The Morgan fingerprint density at radius 1 is 1.27 bits per heavy atom. The van der Waals surface area contributed by atoms with E-state index in [1.807, 2.05) is 35.2 Å². The molecule has 0 spiro atoms. The summed E-state index contributed by atoms with van der Waals surface area (Å²) in [6, 6.07) is 0. The fourth-order valence-corrected chi connectivity index (χ4v) is 1.27. The fourth-order valence-electron chi connectivity index (χ4n) is 1.27. The molecule has 85 valence electrons. The summed E-state index contributed by atoms with van der Waals surface area (Å²) >= 11 is 0. The second kappa shape index (κ2) is 4.68. The van der Waals surface area contributed by atoms with Crippen LogP contribution in [0, 0.1) is 0 Å². The van der Waals surface area contributed by atoms with Crippen molar-refractivity contribution in [2.45, 2.75) is 38.9 Å². The van der Waals surface area contributed by atoms with E-state index in [9.17, 15) is 0 Å². The third-order valence-electron chi connectivity index (χ3n) is 3.39. The van der Waals surface area contributed by atoms with Crippen LogP contribution in [0.4, 0.5) is 0 Å². The number of hydrogen-bond acceptors (Lipinski definition) is 2. The summed E-state index contributed by atoms with van der Waals surface area (Å²) in [5, 5.41) is 2.24. The molecule has 0 saturated carbocycles. The second-order valence-corrected chi connectivity index (χ2v) is 4.97. The number of nitrogens with two attached hydrogens (primary N) is 1. The molecule has 0 atom stereocenters. The van der Waals surface area contributed by atoms with Gasteiger partial charge in [0.1, 0.15) is 0 Å². The van der Waals surface area contributed by atoms with E-state index in [0.717, 1.165) is 13.1 Å². The Morgan fingerprint density at radius 2 is 1.93 bits per heavy atom. The summed E-state index contributed by atoms with van der Waals surface area (Å²) in [5.41, 5.74) is 0.632. The zero-order valence-corrected chi connectivity index (χ0v) is 10.5. The smallest absolute Gasteiger partial charge is 0.332 e. The molecule has 0 aliphatic carbocycles. The quantitative estimate of drug-likeness (QED) is 0.663. The van der Waals surface area contributed by atoms with Crippen molar-refractivity contribution in [3.8, 4) is 0 Å². The van der Waals surface area contributed by atoms with Gasteiger partial charge in [0.15, 0.2) is 0 Å². The van der Waals surface area contributed by atoms with E-state index in [1.54, 1.807) is 7.11 Å². The molecular formula is C11H22BNO2+. The Labute approximate surface area is 93.5 Å². The molecule has 0 fully saturated rings. The molecule has 1 rings (SSSR count). The first-order chi connectivity index (χ1) is 6.89. The molecule has 3 nitrogen and oxygen atoms in total. The SMILES string of the molecule is COC(C)(C)C(C)(C)O[B]C1=CC[NH2+]C1. The number of ether oxygens (including phenoxy) is 1. The van der Waals surface area contributed by atoms with Gasteiger partial charge in [0.05, 0.1) is 24.3 Å². The van der Waals surface area contributed by atoms with Crippen LogP contribution in [0.3, 0.4) is 0 Å². The highest BCUT2D eigenvalue weighted by Gasteiger charge is 2.38. The molecule has 0 amide bonds. The second-order valence-electron chi connectivity index (χ2n) is 4.97. The van der Waals surface area contributed by atoms with Crippen LogP contribution in [0.25, 0.3) is 0 Å². The van der Waals surface area contributed by atoms with Crippen LogP contribution in [0.2, 0.25) is 0 Å². The summed E-state index contributed by atoms with van der Waals surface area (Å²) < 4.78 is 11.3. The maximum Gasteiger partial charge on any atom is 0.332 e. The van der Waals surface area contributed by atoms with E-state index in [4.69, 9.17) is 9.39 Å². The largest absolute Gasteiger partial charge is 0.427 e. The lowest BCUT2D eigenvalue weighted by Gasteiger charge is -2.40. The molecule has 0 aromatic rings. The highest BCUT2D eigenvalue weighted by atomic mass is 16.5. The van der Waals surface area contributed by atoms with E-state index >= 15 is 0 Å². The molecule has 1 heterocycles. The molecule has 1 radical (unpaired) electrons. The lowest BCUT2D eigenvalue weighted by Crippen LogP contribution is -2.81. The molecule has 4 heteroatoms. The molecule has 0 unspecified atom stereocenters. The van der Waals surface area contributed by atoms with Gasteiger partial charge < -0.3 is 14.7 Å². The summed E-state index contributed by atoms with van der Waals surface area (Å²) in [5.74, 6) is 0. The summed E-state index contributed by atoms with van der Waals surface area (Å²) in [7, 11) is 3.58. The van der Waals surface area contributed by atoms with Crippen molar-refractivity contribution < 1.29 is 14.7 Å². The predicted octanol–water partition coefficient (Wildman–Crippen LogP) is 0.287. The van der Waals surface area contributed by atoms with Gasteiger partial charge in [-0.1, -0.05) is 0 Å². The van der Waals surface area contributed by atoms with E-state index in [1.165, 1.54) is 5.47 Å². The maximum absolute atomic E-state index is 5.83. The van der Waals surface area contributed by atoms with Gasteiger partial charge in [-0.15, -0.1) is 0 Å². The van der Waals surface area contributed by atoms with Gasteiger partial charge in [-0.3, -0.25) is 0 Å². The van der Waals surface area contributed by atoms with Gasteiger partial charge in [-0.25, -0.2) is 0 Å². The first-order valence-electron chi connectivity index (χ1n) is 5.46. The highest BCUT2D eigenvalue weighted by Crippen LogP contribution is 2.28. The Bertz CT molecular complexity index is 249. The van der Waals surface area contributed by atoms with Crippen molar-refractivity contribution >= 4 is 7.48 Å². The zero-order chi connectivity index (χ0) is 11.5. The normalized spacial score (nSPS) is 17.8. The van der Waals surface area contributed by atoms with Gasteiger partial charge in [0.25, 0.3) is 0 Å². The Hall–Kier alpha value is -0.315. The lowest BCUT2D eigenvalue weighted by molar-refractivity contribution is -0.630. The van der Waals surface area contributed by atoms with Crippen molar-refractivity contribution in [2.75, 3.05) is 20.2 Å². The van der Waals surface area contributed by atoms with Crippen LogP contribution >= 0.6 is 0 Å². The molecule has 0 aromatic carbocycles. The zero-order valence-electron chi connectivity index (χ0n) is 10.5. The summed E-state index contributed by atoms with van der Waals surface area (Å²) in [6.07, 6.45) is 2.19. The molecule has 0 bridgehead atoms. The van der Waals surface area contributed by atoms with Gasteiger partial charge in [0, 0.05) is 7.11 Å². The fraction of sp³-hybridized carbons (Fsp3) is 0.818. The van der Waals surface area contributed by atoms with Gasteiger partial charge in [0.2, 0.25) is 0 Å². The van der Waals surface area contributed by atoms with Crippen molar-refractivity contribution in [1.82, 2.24) is 0 Å². The average molecular weight is 211 g/mol. The number of hydrogen-bond donors (Lipinski definition) is 1. The van der Waals surface area contributed by atoms with Crippen molar-refractivity contribution in [1.29, 1.82) is 0 Å². The minimum atomic E-state index is -0.328. The van der Waals surface area contributed by atoms with Crippen molar-refractivity contribution in [3.63, 3.8) is 0 Å². The van der Waals surface area contributed by atoms with E-state index < -0.39 is 0 Å². The van der Waals surface area contributed by atoms with Crippen LogP contribution < -0.4 is 5.32 Å². The number of rotatable bonds is 5. The molecule has 2 N–H and O–H groups in total. The van der Waals surface area contributed by atoms with Crippen LogP contribution in [0.1, 0.15) is 27.7 Å². The minimum absolute atomic E-state index is 0.299. The minimum Gasteiger partial charge on any atom is -0.427 e. The highest BCUT2D eigenvalue weighted by molar-refractivity contribution is 6.38. The van der Waals surface area contributed by atoms with Crippen molar-refractivity contribution in [3.05, 3.63) is 11.5 Å². The molecule has 1 aliphatic heterocycles. The lowest BCUT2D eigenvalue weighted by atomic mass is 9.82. The first-order valence-corrected chi connectivity index (χ1v) is 5.46. The first kappa shape index (κ1) is 12.8. The standard InChI is InChI=1S/C11H21BNO2/c1-10(2,14-5)11(3,4)15-12-9-6-7-13-8-9/h6,13H,7-8H2,1-5H3/p+1. The molecule has 0 aromatic heterocycles. The number of methoxy groups -OCH3 is 1. The van der Waals surface area contributed by atoms with E-state index in [2.05, 4.69) is 11.4 Å². The Morgan fingerprint density at radius 3 is 2.40 bits per heavy atom. The van der Waals surface area contributed by atoms with Crippen molar-refractivity contribution in [2.24, 2.45) is 0 Å². The molecule has 0 saturated heterocycles. The van der Waals surface area contributed by atoms with Crippen LogP contribution in [0.5, 0.6) is 0 Å². The monoisotopic (exact) mass is 211 g/mol. The van der Waals surface area contributed by atoms with Crippen LogP contribution in [-0.4, -0.2) is 38.9 Å². The van der Waals surface area contributed by atoms with E-state index in [-0.39, 0.29) is 11.2 Å². The molecule has 15 heavy (non-hydrogen) atoms. The Balaban J connectivity index is 2.48. The predicted molar refractivity (Wildman–Crippen MR) is 61.7 cm³/mol. The van der Waals surface area contributed by atoms with E-state index in [0.29, 0.717) is 0 Å². The Kier molecular flexibility index (Phi) is 3.98. The summed E-state index contributed by atoms with van der Waals surface area (Å²) in [4.78, 5) is 0. The van der Waals surface area contributed by atoms with Gasteiger partial charge >= 0.3 is 7.48 Å². The van der Waals surface area contributed by atoms with Crippen LogP contribution in [0.15, 0.2) is 11.5 Å². The van der Waals surface area contributed by atoms with Crippen LogP contribution in [-0.2, 0) is 9.39 Å². The molecule has 1 aliphatic rings. The number of quaternary nitrogens is 1. The average Bonchev–Trinajstić information content (AvgIpc) is 2.67. The third kappa shape index (κ3) is 3.07. The third-order valence-corrected chi connectivity index (χ3v) is 3.39.